The molecule has 1 heterocycles. The maximum absolute atomic E-state index is 12.5. The summed E-state index contributed by atoms with van der Waals surface area (Å²) in [5, 5.41) is 17.3. The van der Waals surface area contributed by atoms with Crippen molar-refractivity contribution in [2.75, 3.05) is 6.61 Å². The molecule has 0 radical (unpaired) electrons. The Morgan fingerprint density at radius 3 is 2.82 bits per heavy atom. The Morgan fingerprint density at radius 1 is 1.50 bits per heavy atom. The lowest BCUT2D eigenvalue weighted by atomic mass is 9.83. The second-order valence-electron chi connectivity index (χ2n) is 5.35. The summed E-state index contributed by atoms with van der Waals surface area (Å²) in [5.41, 5.74) is 1.79. The zero-order valence-electron chi connectivity index (χ0n) is 13.3. The lowest BCUT2D eigenvalue weighted by Gasteiger charge is -2.22. The lowest BCUT2D eigenvalue weighted by Crippen LogP contribution is -2.24. The molecule has 1 aliphatic carbocycles. The van der Waals surface area contributed by atoms with E-state index in [9.17, 15) is 9.90 Å². The predicted molar refractivity (Wildman–Crippen MR) is 87.5 cm³/mol. The van der Waals surface area contributed by atoms with Crippen LogP contribution in [0.3, 0.4) is 0 Å². The number of rotatable bonds is 6. The Bertz CT molecular complexity index is 604. The Balaban J connectivity index is 2.26. The summed E-state index contributed by atoms with van der Waals surface area (Å²) in [4.78, 5) is 22.0. The molecule has 120 valence electrons. The second-order valence-corrected chi connectivity index (χ2v) is 6.41. The number of ketones is 1. The number of allylic oxidation sites excluding steroid dienone is 2. The predicted octanol–water partition coefficient (Wildman–Crippen LogP) is 3.90. The molecule has 0 spiro atoms. The number of nitrogens with zero attached hydrogens (tertiary/aromatic N) is 2. The zero-order chi connectivity index (χ0) is 16.1. The molecule has 2 rings (SSSR count). The third-order valence-electron chi connectivity index (χ3n) is 3.57. The molecule has 1 unspecified atom stereocenters. The summed E-state index contributed by atoms with van der Waals surface area (Å²) >= 11 is 1.56. The van der Waals surface area contributed by atoms with E-state index in [1.807, 2.05) is 26.2 Å². The van der Waals surface area contributed by atoms with Crippen LogP contribution in [-0.2, 0) is 9.63 Å². The van der Waals surface area contributed by atoms with Crippen molar-refractivity contribution >= 4 is 22.8 Å². The maximum Gasteiger partial charge on any atom is 0.168 e. The number of carbonyl (C=O) groups is 1. The van der Waals surface area contributed by atoms with E-state index in [0.717, 1.165) is 17.1 Å². The maximum atomic E-state index is 12.5. The van der Waals surface area contributed by atoms with Crippen molar-refractivity contribution in [3.05, 3.63) is 27.4 Å². The molecule has 1 N–H and O–H groups in total. The highest BCUT2D eigenvalue weighted by Gasteiger charge is 2.32. The first-order valence-corrected chi connectivity index (χ1v) is 8.51. The number of hydrogen-bond acceptors (Lipinski definition) is 6. The van der Waals surface area contributed by atoms with Gasteiger partial charge in [-0.1, -0.05) is 18.5 Å². The molecule has 0 aliphatic heterocycles. The van der Waals surface area contributed by atoms with E-state index in [1.54, 1.807) is 11.3 Å². The molecule has 1 aromatic heterocycles. The topological polar surface area (TPSA) is 71.8 Å². The second kappa shape index (κ2) is 7.54. The van der Waals surface area contributed by atoms with E-state index in [-0.39, 0.29) is 17.5 Å². The van der Waals surface area contributed by atoms with Gasteiger partial charge in [-0.3, -0.25) is 4.79 Å². The number of oxime groups is 1. The molecule has 0 amide bonds. The van der Waals surface area contributed by atoms with E-state index in [2.05, 4.69) is 10.1 Å². The van der Waals surface area contributed by atoms with Gasteiger partial charge in [0, 0.05) is 24.1 Å². The van der Waals surface area contributed by atoms with Crippen molar-refractivity contribution in [1.82, 2.24) is 4.98 Å². The number of thiazole rings is 1. The van der Waals surface area contributed by atoms with Gasteiger partial charge < -0.3 is 9.94 Å². The highest BCUT2D eigenvalue weighted by atomic mass is 32.1. The largest absolute Gasteiger partial charge is 0.511 e. The van der Waals surface area contributed by atoms with Gasteiger partial charge in [0.1, 0.15) is 12.4 Å². The summed E-state index contributed by atoms with van der Waals surface area (Å²) in [5.74, 6) is -0.0127. The van der Waals surface area contributed by atoms with E-state index < -0.39 is 0 Å². The van der Waals surface area contributed by atoms with Crippen LogP contribution >= 0.6 is 11.3 Å². The van der Waals surface area contributed by atoms with Gasteiger partial charge in [-0.05, 0) is 20.3 Å². The Kier molecular flexibility index (Phi) is 5.71. The van der Waals surface area contributed by atoms with Gasteiger partial charge in [-0.15, -0.1) is 11.3 Å². The summed E-state index contributed by atoms with van der Waals surface area (Å²) in [7, 11) is 0. The fraction of sp³-hybridized carbons (Fsp3) is 0.562. The fourth-order valence-electron chi connectivity index (χ4n) is 2.59. The van der Waals surface area contributed by atoms with Crippen molar-refractivity contribution in [2.24, 2.45) is 5.16 Å². The number of aliphatic hydroxyl groups excluding tert-OH is 1. The standard InChI is InChI=1S/C16H22N2O3S/c1-4-6-12(18-21-5-2)16-14(19)7-11(8-15(16)20)13-9-22-10(3)17-13/h9,11,19H,4-8H2,1-3H3. The van der Waals surface area contributed by atoms with Gasteiger partial charge in [0.2, 0.25) is 0 Å². The van der Waals surface area contributed by atoms with Crippen LogP contribution in [0.2, 0.25) is 0 Å². The van der Waals surface area contributed by atoms with Gasteiger partial charge in [-0.2, -0.15) is 0 Å². The minimum absolute atomic E-state index is 0.0452. The molecule has 0 saturated carbocycles. The summed E-state index contributed by atoms with van der Waals surface area (Å²) in [6.45, 7) is 6.22. The van der Waals surface area contributed by atoms with Gasteiger partial charge in [-0.25, -0.2) is 4.98 Å². The highest BCUT2D eigenvalue weighted by molar-refractivity contribution is 7.09. The molecule has 0 fully saturated rings. The number of hydrogen-bond donors (Lipinski definition) is 1. The number of carbonyl (C=O) groups excluding carboxylic acids is 1. The van der Waals surface area contributed by atoms with Gasteiger partial charge in [0.25, 0.3) is 0 Å². The van der Waals surface area contributed by atoms with E-state index >= 15 is 0 Å². The van der Waals surface area contributed by atoms with Gasteiger partial charge in [0.15, 0.2) is 5.78 Å². The molecular weight excluding hydrogens is 300 g/mol. The smallest absolute Gasteiger partial charge is 0.168 e. The van der Waals surface area contributed by atoms with Crippen LogP contribution in [0, 0.1) is 6.92 Å². The highest BCUT2D eigenvalue weighted by Crippen LogP contribution is 2.34. The summed E-state index contributed by atoms with van der Waals surface area (Å²) in [6, 6.07) is 0. The van der Waals surface area contributed by atoms with E-state index in [1.165, 1.54) is 0 Å². The molecule has 0 aromatic carbocycles. The number of aromatic nitrogens is 1. The van der Waals surface area contributed by atoms with Crippen molar-refractivity contribution in [3.63, 3.8) is 0 Å². The molecule has 1 aliphatic rings. The number of aryl methyl sites for hydroxylation is 1. The third-order valence-corrected chi connectivity index (χ3v) is 4.36. The number of aliphatic hydroxyl groups is 1. The molecule has 1 atom stereocenters. The summed E-state index contributed by atoms with van der Waals surface area (Å²) < 4.78 is 0. The molecule has 5 nitrogen and oxygen atoms in total. The van der Waals surface area contributed by atoms with Crippen LogP contribution in [0.25, 0.3) is 0 Å². The molecule has 6 heteroatoms. The average molecular weight is 322 g/mol. The van der Waals surface area contributed by atoms with Crippen molar-refractivity contribution in [2.45, 2.75) is 52.4 Å². The monoisotopic (exact) mass is 322 g/mol. The first kappa shape index (κ1) is 16.7. The van der Waals surface area contributed by atoms with Crippen LogP contribution < -0.4 is 0 Å². The first-order valence-electron chi connectivity index (χ1n) is 7.63. The molecule has 22 heavy (non-hydrogen) atoms. The SMILES string of the molecule is CCCC(=NOCC)C1=C(O)CC(c2csc(C)n2)CC1=O. The number of Topliss-reactive ketones (excluding diaryl/α,β-unsaturated/α-hetero) is 1. The Labute approximate surface area is 134 Å². The molecular formula is C16H22N2O3S. The minimum atomic E-state index is -0.0775. The van der Waals surface area contributed by atoms with Crippen LogP contribution in [0.15, 0.2) is 21.9 Å². The van der Waals surface area contributed by atoms with Crippen LogP contribution in [0.5, 0.6) is 0 Å². The first-order chi connectivity index (χ1) is 10.6. The normalized spacial score (nSPS) is 19.7. The van der Waals surface area contributed by atoms with E-state index in [0.29, 0.717) is 37.2 Å². The minimum Gasteiger partial charge on any atom is -0.511 e. The third kappa shape index (κ3) is 3.74. The lowest BCUT2D eigenvalue weighted by molar-refractivity contribution is -0.116. The summed E-state index contributed by atoms with van der Waals surface area (Å²) in [6.07, 6.45) is 2.24. The van der Waals surface area contributed by atoms with Gasteiger partial charge >= 0.3 is 0 Å². The molecule has 0 bridgehead atoms. The van der Waals surface area contributed by atoms with Crippen LogP contribution in [0.1, 0.15) is 56.2 Å². The van der Waals surface area contributed by atoms with Crippen molar-refractivity contribution < 1.29 is 14.7 Å². The quantitative estimate of drug-likeness (QED) is 0.637. The van der Waals surface area contributed by atoms with Crippen LogP contribution in [-0.4, -0.2) is 28.2 Å². The zero-order valence-corrected chi connectivity index (χ0v) is 14.1. The Hall–Kier alpha value is -1.69. The average Bonchev–Trinajstić information content (AvgIpc) is 2.90. The van der Waals surface area contributed by atoms with Gasteiger partial charge in [0.05, 0.1) is 22.0 Å². The van der Waals surface area contributed by atoms with Crippen LogP contribution in [0.4, 0.5) is 0 Å². The van der Waals surface area contributed by atoms with Crippen molar-refractivity contribution in [3.8, 4) is 0 Å². The van der Waals surface area contributed by atoms with E-state index in [4.69, 9.17) is 4.84 Å². The molecule has 1 aromatic rings. The van der Waals surface area contributed by atoms with Crippen molar-refractivity contribution in [1.29, 1.82) is 0 Å². The molecule has 0 saturated heterocycles. The Morgan fingerprint density at radius 2 is 2.27 bits per heavy atom. The fourth-order valence-corrected chi connectivity index (χ4v) is 3.29.